The van der Waals surface area contributed by atoms with E-state index in [-0.39, 0.29) is 19.1 Å². The van der Waals surface area contributed by atoms with Crippen LogP contribution in [0.5, 0.6) is 0 Å². The Morgan fingerprint density at radius 2 is 0.698 bits per heavy atom. The van der Waals surface area contributed by atoms with Crippen molar-refractivity contribution in [3.8, 4) is 0 Å². The van der Waals surface area contributed by atoms with E-state index in [2.05, 4.69) is 92.1 Å². The summed E-state index contributed by atoms with van der Waals surface area (Å²) < 4.78 is 23.8. The first-order chi connectivity index (χ1) is 42.0. The molecule has 502 valence electrons. The molecule has 3 atom stereocenters. The van der Waals surface area contributed by atoms with Crippen LogP contribution in [0.3, 0.4) is 0 Å². The van der Waals surface area contributed by atoms with E-state index in [1.54, 1.807) is 6.08 Å². The Hall–Kier alpha value is -2.32. The summed E-state index contributed by atoms with van der Waals surface area (Å²) in [5.41, 5.74) is 0. The molecule has 0 aromatic rings. The van der Waals surface area contributed by atoms with E-state index in [9.17, 15) is 19.4 Å². The highest BCUT2D eigenvalue weighted by Gasteiger charge is 2.28. The lowest BCUT2D eigenvalue weighted by atomic mass is 10.0. The quantitative estimate of drug-likeness (QED) is 0.0243. The fourth-order valence-corrected chi connectivity index (χ4v) is 11.7. The fourth-order valence-electron chi connectivity index (χ4n) is 10.9. The van der Waals surface area contributed by atoms with Crippen LogP contribution in [0.2, 0.25) is 0 Å². The monoisotopic (exact) mass is 1220 g/mol. The van der Waals surface area contributed by atoms with E-state index in [1.807, 2.05) is 27.2 Å². The first-order valence-electron chi connectivity index (χ1n) is 37.0. The summed E-state index contributed by atoms with van der Waals surface area (Å²) in [6.45, 7) is 4.75. The zero-order valence-electron chi connectivity index (χ0n) is 57.6. The van der Waals surface area contributed by atoms with Crippen molar-refractivity contribution in [1.29, 1.82) is 0 Å². The molecule has 0 aliphatic heterocycles. The van der Waals surface area contributed by atoms with Crippen molar-refractivity contribution in [2.75, 3.05) is 40.9 Å². The standard InChI is InChI=1S/C77H143N2O6P/c1-6-8-10-12-14-16-18-20-22-24-26-28-30-31-32-33-34-35-36-37-38-39-40-41-42-43-44-45-46-47-49-51-53-55-57-59-61-63-65-67-69-71-77(81)78-75(74-85-86(82,83)84-73-72-79(3,4)5)76(80)70-68-66-64-62-60-58-56-54-52-50-48-29-27-25-23-21-19-17-15-13-11-9-7-2/h8,10,14,16,20,22,26,28,31-32,34-35,68,70,75-76,80H,6-7,9,11-13,15,17-19,21,23-25,27,29-30,33,36-67,69,71-74H2,1-5H3,(H-,78,81,82,83)/p+1/b10-8-,16-14-,22-20-,28-26-,32-31-,35-34-,70-68+. The Morgan fingerprint density at radius 1 is 0.407 bits per heavy atom. The summed E-state index contributed by atoms with van der Waals surface area (Å²) in [5, 5.41) is 14.0. The van der Waals surface area contributed by atoms with Gasteiger partial charge < -0.3 is 19.8 Å². The van der Waals surface area contributed by atoms with Crippen LogP contribution >= 0.6 is 7.82 Å². The van der Waals surface area contributed by atoms with Crippen molar-refractivity contribution in [3.05, 3.63) is 85.1 Å². The van der Waals surface area contributed by atoms with Crippen LogP contribution in [-0.2, 0) is 18.4 Å². The van der Waals surface area contributed by atoms with Gasteiger partial charge in [0.05, 0.1) is 39.9 Å². The molecule has 0 spiro atoms. The van der Waals surface area contributed by atoms with Gasteiger partial charge in [0.2, 0.25) is 5.91 Å². The number of aliphatic hydroxyl groups excluding tert-OH is 1. The molecule has 0 rings (SSSR count). The zero-order valence-corrected chi connectivity index (χ0v) is 58.4. The van der Waals surface area contributed by atoms with E-state index in [0.717, 1.165) is 77.0 Å². The number of phosphoric ester groups is 1. The molecule has 0 bridgehead atoms. The molecule has 0 aliphatic carbocycles. The summed E-state index contributed by atoms with van der Waals surface area (Å²) in [6.07, 6.45) is 96.0. The summed E-state index contributed by atoms with van der Waals surface area (Å²) in [5.74, 6) is -0.171. The molecule has 0 heterocycles. The van der Waals surface area contributed by atoms with Gasteiger partial charge in [-0.05, 0) is 70.6 Å². The van der Waals surface area contributed by atoms with Crippen LogP contribution in [0, 0.1) is 0 Å². The summed E-state index contributed by atoms with van der Waals surface area (Å²) in [7, 11) is 1.58. The van der Waals surface area contributed by atoms with Crippen molar-refractivity contribution in [1.82, 2.24) is 5.32 Å². The Kier molecular flexibility index (Phi) is 65.3. The number of hydrogen-bond donors (Lipinski definition) is 3. The van der Waals surface area contributed by atoms with Crippen LogP contribution in [0.15, 0.2) is 85.1 Å². The SMILES string of the molecule is CC/C=C\C/C=C\C/C=C\C/C=C\C/C=C\C/C=C\CCCCCCCCCCCCCCCCCCCCCCCCC(=O)NC(COP(=O)(O)OCC[N+](C)(C)C)C(O)/C=C/CCCCCCCCCCCCCCCCCCCCCCC. The number of nitrogens with one attached hydrogen (secondary N) is 1. The number of rotatable bonds is 68. The topological polar surface area (TPSA) is 105 Å². The van der Waals surface area contributed by atoms with Crippen LogP contribution in [0.25, 0.3) is 0 Å². The van der Waals surface area contributed by atoms with Crippen molar-refractivity contribution < 1.29 is 32.9 Å². The molecule has 0 aliphatic rings. The molecular formula is C77H144N2O6P+. The lowest BCUT2D eigenvalue weighted by Crippen LogP contribution is -2.45. The maximum Gasteiger partial charge on any atom is 0.472 e. The third kappa shape index (κ3) is 69.2. The van der Waals surface area contributed by atoms with Crippen LogP contribution in [-0.4, -0.2) is 73.4 Å². The molecule has 3 unspecified atom stereocenters. The minimum Gasteiger partial charge on any atom is -0.387 e. The van der Waals surface area contributed by atoms with Crippen LogP contribution in [0.4, 0.5) is 0 Å². The molecule has 3 N–H and O–H groups in total. The number of phosphoric acid groups is 1. The van der Waals surface area contributed by atoms with Gasteiger partial charge in [0.1, 0.15) is 13.2 Å². The molecule has 86 heavy (non-hydrogen) atoms. The number of likely N-dealkylation sites (N-methyl/N-ethyl adjacent to an activating group) is 1. The Balaban J connectivity index is 3.96. The summed E-state index contributed by atoms with van der Waals surface area (Å²) in [6, 6.07) is -0.849. The molecule has 1 amide bonds. The minimum atomic E-state index is -4.36. The maximum atomic E-state index is 13.1. The third-order valence-corrected chi connectivity index (χ3v) is 17.6. The number of carbonyl (C=O) groups excluding carboxylic acids is 1. The smallest absolute Gasteiger partial charge is 0.387 e. The third-order valence-electron chi connectivity index (χ3n) is 16.6. The van der Waals surface area contributed by atoms with Crippen molar-refractivity contribution in [2.45, 2.75) is 360 Å². The number of allylic oxidation sites excluding steroid dienone is 13. The molecule has 0 aromatic carbocycles. The van der Waals surface area contributed by atoms with Crippen molar-refractivity contribution in [3.63, 3.8) is 0 Å². The normalized spacial score (nSPS) is 14.1. The van der Waals surface area contributed by atoms with Gasteiger partial charge in [-0.25, -0.2) is 4.57 Å². The number of unbranched alkanes of at least 4 members (excludes halogenated alkanes) is 43. The van der Waals surface area contributed by atoms with Gasteiger partial charge >= 0.3 is 7.82 Å². The van der Waals surface area contributed by atoms with Gasteiger partial charge in [0.25, 0.3) is 0 Å². The molecule has 8 nitrogen and oxygen atoms in total. The summed E-state index contributed by atoms with van der Waals surface area (Å²) in [4.78, 5) is 23.4. The number of nitrogens with zero attached hydrogens (tertiary/aromatic N) is 1. The van der Waals surface area contributed by atoms with Gasteiger partial charge in [0, 0.05) is 6.42 Å². The second-order valence-electron chi connectivity index (χ2n) is 26.3. The predicted molar refractivity (Wildman–Crippen MR) is 378 cm³/mol. The second-order valence-corrected chi connectivity index (χ2v) is 27.7. The van der Waals surface area contributed by atoms with E-state index in [1.165, 1.54) is 250 Å². The van der Waals surface area contributed by atoms with Crippen molar-refractivity contribution in [2.24, 2.45) is 0 Å². The predicted octanol–water partition coefficient (Wildman–Crippen LogP) is 23.9. The average molecular weight is 1220 g/mol. The highest BCUT2D eigenvalue weighted by atomic mass is 31.2. The zero-order chi connectivity index (χ0) is 62.6. The Morgan fingerprint density at radius 3 is 1.02 bits per heavy atom. The lowest BCUT2D eigenvalue weighted by molar-refractivity contribution is -0.870. The largest absolute Gasteiger partial charge is 0.472 e. The molecule has 0 aromatic heterocycles. The van der Waals surface area contributed by atoms with Gasteiger partial charge in [-0.1, -0.05) is 356 Å². The number of carbonyl (C=O) groups is 1. The molecular weight excluding hydrogens is 1080 g/mol. The fraction of sp³-hybridized carbons (Fsp3) is 0.805. The molecule has 0 radical (unpaired) electrons. The van der Waals surface area contributed by atoms with E-state index in [4.69, 9.17) is 9.05 Å². The van der Waals surface area contributed by atoms with Crippen molar-refractivity contribution >= 4 is 13.7 Å². The Bertz CT molecular complexity index is 1680. The Labute approximate surface area is 535 Å². The molecule has 0 saturated heterocycles. The lowest BCUT2D eigenvalue weighted by Gasteiger charge is -2.25. The summed E-state index contributed by atoms with van der Waals surface area (Å²) >= 11 is 0. The number of amides is 1. The maximum absolute atomic E-state index is 13.1. The first-order valence-corrected chi connectivity index (χ1v) is 38.5. The number of hydrogen-bond acceptors (Lipinski definition) is 5. The van der Waals surface area contributed by atoms with Gasteiger partial charge in [-0.2, -0.15) is 0 Å². The van der Waals surface area contributed by atoms with Gasteiger partial charge in [-0.15, -0.1) is 0 Å². The first kappa shape index (κ1) is 83.7. The molecule has 9 heteroatoms. The van der Waals surface area contributed by atoms with E-state index >= 15 is 0 Å². The molecule has 0 saturated carbocycles. The van der Waals surface area contributed by atoms with Gasteiger partial charge in [0.15, 0.2) is 0 Å². The van der Waals surface area contributed by atoms with E-state index < -0.39 is 20.0 Å². The highest BCUT2D eigenvalue weighted by molar-refractivity contribution is 7.47. The second kappa shape index (κ2) is 67.1. The van der Waals surface area contributed by atoms with Gasteiger partial charge in [-0.3, -0.25) is 13.8 Å². The average Bonchev–Trinajstić information content (AvgIpc) is 3.70. The highest BCUT2D eigenvalue weighted by Crippen LogP contribution is 2.43. The van der Waals surface area contributed by atoms with Crippen LogP contribution in [0.1, 0.15) is 348 Å². The number of aliphatic hydroxyl groups is 1. The molecule has 0 fully saturated rings. The number of quaternary nitrogens is 1. The minimum absolute atomic E-state index is 0.0618. The van der Waals surface area contributed by atoms with Crippen LogP contribution < -0.4 is 5.32 Å². The van der Waals surface area contributed by atoms with E-state index in [0.29, 0.717) is 17.4 Å².